The molecule has 1 aromatic carbocycles. The molecule has 2 N–H and O–H groups in total. The first-order valence-corrected chi connectivity index (χ1v) is 8.72. The normalized spacial score (nSPS) is 12.2. The second-order valence-corrected chi connectivity index (χ2v) is 6.72. The molecule has 0 aliphatic rings. The zero-order valence-electron chi connectivity index (χ0n) is 15.6. The summed E-state index contributed by atoms with van der Waals surface area (Å²) in [5.41, 5.74) is 1.63. The van der Waals surface area contributed by atoms with Crippen molar-refractivity contribution in [1.29, 1.82) is 0 Å². The predicted molar refractivity (Wildman–Crippen MR) is 99.8 cm³/mol. The fourth-order valence-corrected chi connectivity index (χ4v) is 2.38. The fraction of sp³-hybridized carbons (Fsp3) is 0.400. The molecule has 0 saturated heterocycles. The van der Waals surface area contributed by atoms with Gasteiger partial charge in [-0.1, -0.05) is 26.0 Å². The molecular formula is C20H26N2O4. The maximum Gasteiger partial charge on any atom is 0.287 e. The molecule has 2 aromatic rings. The van der Waals surface area contributed by atoms with Crippen LogP contribution in [0.15, 0.2) is 47.1 Å². The minimum atomic E-state index is -0.678. The SMILES string of the molecule is CC(C)OCc1cccc(NC(=O)[C@H](NC(=O)c2ccco2)C(C)C)c1. The quantitative estimate of drug-likeness (QED) is 0.755. The smallest absolute Gasteiger partial charge is 0.287 e. The molecule has 0 aliphatic carbocycles. The van der Waals surface area contributed by atoms with Gasteiger partial charge in [-0.2, -0.15) is 0 Å². The molecule has 0 radical (unpaired) electrons. The van der Waals surface area contributed by atoms with E-state index in [1.54, 1.807) is 12.1 Å². The highest BCUT2D eigenvalue weighted by atomic mass is 16.5. The number of benzene rings is 1. The Kier molecular flexibility index (Phi) is 6.97. The van der Waals surface area contributed by atoms with Gasteiger partial charge in [-0.15, -0.1) is 0 Å². The summed E-state index contributed by atoms with van der Waals surface area (Å²) in [6, 6.07) is 9.99. The van der Waals surface area contributed by atoms with Crippen LogP contribution in [0.25, 0.3) is 0 Å². The Balaban J connectivity index is 2.03. The maximum atomic E-state index is 12.6. The molecule has 140 valence electrons. The second-order valence-electron chi connectivity index (χ2n) is 6.72. The van der Waals surface area contributed by atoms with Crippen LogP contribution in [0.5, 0.6) is 0 Å². The number of rotatable bonds is 8. The summed E-state index contributed by atoms with van der Waals surface area (Å²) in [4.78, 5) is 24.8. The van der Waals surface area contributed by atoms with E-state index >= 15 is 0 Å². The zero-order chi connectivity index (χ0) is 19.1. The Morgan fingerprint density at radius 2 is 1.88 bits per heavy atom. The third kappa shape index (κ3) is 5.74. The van der Waals surface area contributed by atoms with Crippen LogP contribution in [0.3, 0.4) is 0 Å². The molecule has 1 heterocycles. The van der Waals surface area contributed by atoms with Crippen molar-refractivity contribution in [3.8, 4) is 0 Å². The largest absolute Gasteiger partial charge is 0.459 e. The van der Waals surface area contributed by atoms with Gasteiger partial charge in [0, 0.05) is 5.69 Å². The van der Waals surface area contributed by atoms with Gasteiger partial charge in [-0.05, 0) is 49.6 Å². The second kappa shape index (κ2) is 9.20. The van der Waals surface area contributed by atoms with Gasteiger partial charge in [-0.25, -0.2) is 0 Å². The number of nitrogens with one attached hydrogen (secondary N) is 2. The standard InChI is InChI=1S/C20H26N2O4/c1-13(2)18(22-19(23)17-9-6-10-25-17)20(24)21-16-8-5-7-15(11-16)12-26-14(3)4/h5-11,13-14,18H,12H2,1-4H3,(H,21,24)(H,22,23)/t18-/m1/s1. The van der Waals surface area contributed by atoms with Gasteiger partial charge < -0.3 is 19.8 Å². The molecule has 0 spiro atoms. The number of carbonyl (C=O) groups excluding carboxylic acids is 2. The topological polar surface area (TPSA) is 80.6 Å². The summed E-state index contributed by atoms with van der Waals surface area (Å²) in [6.07, 6.45) is 1.56. The van der Waals surface area contributed by atoms with Crippen molar-refractivity contribution in [2.24, 2.45) is 5.92 Å². The average Bonchev–Trinajstić information content (AvgIpc) is 3.12. The van der Waals surface area contributed by atoms with E-state index < -0.39 is 11.9 Å². The van der Waals surface area contributed by atoms with E-state index in [4.69, 9.17) is 9.15 Å². The van der Waals surface area contributed by atoms with Crippen molar-refractivity contribution in [1.82, 2.24) is 5.32 Å². The Morgan fingerprint density at radius 3 is 2.50 bits per heavy atom. The first kappa shape index (κ1) is 19.7. The molecule has 2 amide bonds. The Bertz CT molecular complexity index is 723. The lowest BCUT2D eigenvalue weighted by Crippen LogP contribution is -2.47. The van der Waals surface area contributed by atoms with Crippen molar-refractivity contribution in [3.63, 3.8) is 0 Å². The number of hydrogen-bond acceptors (Lipinski definition) is 4. The molecule has 0 saturated carbocycles. The Morgan fingerprint density at radius 1 is 1.12 bits per heavy atom. The van der Waals surface area contributed by atoms with E-state index in [9.17, 15) is 9.59 Å². The van der Waals surface area contributed by atoms with Crippen molar-refractivity contribution in [3.05, 3.63) is 54.0 Å². The molecule has 1 aromatic heterocycles. The number of carbonyl (C=O) groups is 2. The molecule has 26 heavy (non-hydrogen) atoms. The van der Waals surface area contributed by atoms with Crippen molar-refractivity contribution >= 4 is 17.5 Å². The van der Waals surface area contributed by atoms with Crippen LogP contribution in [-0.2, 0) is 16.1 Å². The van der Waals surface area contributed by atoms with E-state index in [-0.39, 0.29) is 23.7 Å². The summed E-state index contributed by atoms with van der Waals surface area (Å²) in [7, 11) is 0. The van der Waals surface area contributed by atoms with E-state index in [2.05, 4.69) is 10.6 Å². The van der Waals surface area contributed by atoms with Crippen molar-refractivity contribution in [2.45, 2.75) is 46.4 Å². The van der Waals surface area contributed by atoms with E-state index in [0.29, 0.717) is 12.3 Å². The summed E-state index contributed by atoms with van der Waals surface area (Å²) in [5.74, 6) is -0.595. The molecule has 2 rings (SSSR count). The van der Waals surface area contributed by atoms with Crippen molar-refractivity contribution < 1.29 is 18.7 Å². The highest BCUT2D eigenvalue weighted by molar-refractivity contribution is 6.00. The molecule has 0 fully saturated rings. The lowest BCUT2D eigenvalue weighted by molar-refractivity contribution is -0.118. The predicted octanol–water partition coefficient (Wildman–Crippen LogP) is 3.60. The van der Waals surface area contributed by atoms with Crippen LogP contribution >= 0.6 is 0 Å². The lowest BCUT2D eigenvalue weighted by atomic mass is 10.0. The van der Waals surface area contributed by atoms with Gasteiger partial charge >= 0.3 is 0 Å². The minimum Gasteiger partial charge on any atom is -0.459 e. The minimum absolute atomic E-state index is 0.0821. The summed E-state index contributed by atoms with van der Waals surface area (Å²) in [5, 5.41) is 5.59. The first-order valence-electron chi connectivity index (χ1n) is 8.72. The highest BCUT2D eigenvalue weighted by Gasteiger charge is 2.25. The molecular weight excluding hydrogens is 332 g/mol. The number of amides is 2. The van der Waals surface area contributed by atoms with Crippen LogP contribution in [0.4, 0.5) is 5.69 Å². The van der Waals surface area contributed by atoms with E-state index in [1.807, 2.05) is 52.0 Å². The van der Waals surface area contributed by atoms with Gasteiger partial charge in [0.1, 0.15) is 6.04 Å². The number of furan rings is 1. The molecule has 6 nitrogen and oxygen atoms in total. The monoisotopic (exact) mass is 358 g/mol. The average molecular weight is 358 g/mol. The third-order valence-electron chi connectivity index (χ3n) is 3.76. The molecule has 1 atom stereocenters. The van der Waals surface area contributed by atoms with Crippen LogP contribution in [0, 0.1) is 5.92 Å². The van der Waals surface area contributed by atoms with E-state index in [1.165, 1.54) is 6.26 Å². The summed E-state index contributed by atoms with van der Waals surface area (Å²) < 4.78 is 10.7. The first-order chi connectivity index (χ1) is 12.4. The molecule has 0 bridgehead atoms. The van der Waals surface area contributed by atoms with Gasteiger partial charge in [-0.3, -0.25) is 9.59 Å². The van der Waals surface area contributed by atoms with Crippen LogP contribution in [-0.4, -0.2) is 24.0 Å². The van der Waals surface area contributed by atoms with Crippen LogP contribution in [0.2, 0.25) is 0 Å². The zero-order valence-corrected chi connectivity index (χ0v) is 15.6. The molecule has 0 unspecified atom stereocenters. The fourth-order valence-electron chi connectivity index (χ4n) is 2.38. The van der Waals surface area contributed by atoms with Gasteiger partial charge in [0.2, 0.25) is 5.91 Å². The van der Waals surface area contributed by atoms with E-state index in [0.717, 1.165) is 5.56 Å². The Labute approximate surface area is 153 Å². The Hall–Kier alpha value is -2.60. The molecule has 6 heteroatoms. The van der Waals surface area contributed by atoms with Gasteiger partial charge in [0.05, 0.1) is 19.0 Å². The maximum absolute atomic E-state index is 12.6. The highest BCUT2D eigenvalue weighted by Crippen LogP contribution is 2.14. The van der Waals surface area contributed by atoms with Gasteiger partial charge in [0.15, 0.2) is 5.76 Å². The van der Waals surface area contributed by atoms with Crippen LogP contribution in [0.1, 0.15) is 43.8 Å². The van der Waals surface area contributed by atoms with Crippen LogP contribution < -0.4 is 10.6 Å². The lowest BCUT2D eigenvalue weighted by Gasteiger charge is -2.21. The number of anilines is 1. The number of hydrogen-bond donors (Lipinski definition) is 2. The molecule has 0 aliphatic heterocycles. The van der Waals surface area contributed by atoms with Crippen molar-refractivity contribution in [2.75, 3.05) is 5.32 Å². The summed E-state index contributed by atoms with van der Waals surface area (Å²) >= 11 is 0. The number of ether oxygens (including phenoxy) is 1. The summed E-state index contributed by atoms with van der Waals surface area (Å²) in [6.45, 7) is 8.17. The van der Waals surface area contributed by atoms with Gasteiger partial charge in [0.25, 0.3) is 5.91 Å². The third-order valence-corrected chi connectivity index (χ3v) is 3.76.